The second-order valence-corrected chi connectivity index (χ2v) is 5.23. The molecule has 0 aliphatic heterocycles. The van der Waals surface area contributed by atoms with E-state index in [9.17, 15) is 0 Å². The lowest BCUT2D eigenvalue weighted by Crippen LogP contribution is -2.38. The molecule has 0 N–H and O–H groups in total. The number of rotatable bonds is 5. The molecule has 0 aromatic rings. The molecule has 0 bridgehead atoms. The van der Waals surface area contributed by atoms with Crippen LogP contribution in [0.2, 0.25) is 0 Å². The minimum absolute atomic E-state index is 0.0440. The van der Waals surface area contributed by atoms with Crippen molar-refractivity contribution in [2.24, 2.45) is 11.8 Å². The maximum Gasteiger partial charge on any atom is 0.0683 e. The summed E-state index contributed by atoms with van der Waals surface area (Å²) in [6, 6.07) is 0. The van der Waals surface area contributed by atoms with Crippen molar-refractivity contribution in [1.82, 2.24) is 0 Å². The largest absolute Gasteiger partial charge is 0.372 e. The monoisotopic (exact) mass is 186 g/mol. The zero-order chi connectivity index (χ0) is 10.6. The summed E-state index contributed by atoms with van der Waals surface area (Å²) in [5.74, 6) is 1.28. The van der Waals surface area contributed by atoms with E-state index < -0.39 is 0 Å². The van der Waals surface area contributed by atoms with Crippen LogP contribution in [0.3, 0.4) is 0 Å². The SMILES string of the molecule is CC(C)CC(C)(OC(C)C)C(C)C. The predicted octanol–water partition coefficient (Wildman–Crippen LogP) is 3.87. The molecule has 0 saturated carbocycles. The van der Waals surface area contributed by atoms with Crippen LogP contribution in [0.1, 0.15) is 54.9 Å². The average Bonchev–Trinajstić information content (AvgIpc) is 1.82. The van der Waals surface area contributed by atoms with E-state index in [1.807, 2.05) is 0 Å². The number of ether oxygens (including phenoxy) is 1. The third kappa shape index (κ3) is 4.66. The van der Waals surface area contributed by atoms with Crippen LogP contribution in [0.15, 0.2) is 0 Å². The van der Waals surface area contributed by atoms with Gasteiger partial charge in [-0.15, -0.1) is 0 Å². The van der Waals surface area contributed by atoms with Crippen LogP contribution in [-0.4, -0.2) is 11.7 Å². The standard InChI is InChI=1S/C12H26O/c1-9(2)8-12(7,10(3)4)13-11(5)6/h9-11H,8H2,1-7H3. The van der Waals surface area contributed by atoms with Gasteiger partial charge in [-0.1, -0.05) is 27.7 Å². The van der Waals surface area contributed by atoms with Crippen LogP contribution in [0, 0.1) is 11.8 Å². The summed E-state index contributed by atoms with van der Waals surface area (Å²) in [6.07, 6.45) is 1.47. The first-order chi connectivity index (χ1) is 5.78. The first-order valence-corrected chi connectivity index (χ1v) is 5.45. The molecule has 1 unspecified atom stereocenters. The molecule has 0 spiro atoms. The Morgan fingerprint density at radius 1 is 1.00 bits per heavy atom. The minimum atomic E-state index is 0.0440. The van der Waals surface area contributed by atoms with Gasteiger partial charge in [-0.2, -0.15) is 0 Å². The Balaban J connectivity index is 4.34. The van der Waals surface area contributed by atoms with Gasteiger partial charge in [-0.3, -0.25) is 0 Å². The molecular weight excluding hydrogens is 160 g/mol. The third-order valence-electron chi connectivity index (χ3n) is 2.54. The van der Waals surface area contributed by atoms with Crippen molar-refractivity contribution < 1.29 is 4.74 Å². The Morgan fingerprint density at radius 2 is 1.46 bits per heavy atom. The summed E-state index contributed by atoms with van der Waals surface area (Å²) in [5.41, 5.74) is 0.0440. The molecule has 13 heavy (non-hydrogen) atoms. The van der Waals surface area contributed by atoms with Crippen LogP contribution in [0.25, 0.3) is 0 Å². The van der Waals surface area contributed by atoms with Crippen LogP contribution in [0.4, 0.5) is 0 Å². The smallest absolute Gasteiger partial charge is 0.0683 e. The van der Waals surface area contributed by atoms with Gasteiger partial charge in [-0.25, -0.2) is 0 Å². The molecule has 0 aliphatic rings. The minimum Gasteiger partial charge on any atom is -0.372 e. The molecule has 80 valence electrons. The van der Waals surface area contributed by atoms with E-state index in [2.05, 4.69) is 48.5 Å². The highest BCUT2D eigenvalue weighted by Gasteiger charge is 2.30. The maximum absolute atomic E-state index is 6.01. The summed E-state index contributed by atoms with van der Waals surface area (Å²) in [6.45, 7) is 15.4. The van der Waals surface area contributed by atoms with Crippen molar-refractivity contribution in [3.05, 3.63) is 0 Å². The van der Waals surface area contributed by atoms with E-state index in [4.69, 9.17) is 4.74 Å². The van der Waals surface area contributed by atoms with Crippen LogP contribution in [0.5, 0.6) is 0 Å². The Hall–Kier alpha value is -0.0400. The molecule has 0 aromatic carbocycles. The van der Waals surface area contributed by atoms with Crippen molar-refractivity contribution in [2.75, 3.05) is 0 Å². The van der Waals surface area contributed by atoms with E-state index in [-0.39, 0.29) is 5.60 Å². The highest BCUT2D eigenvalue weighted by molar-refractivity contribution is 4.80. The fourth-order valence-corrected chi connectivity index (χ4v) is 1.77. The third-order valence-corrected chi connectivity index (χ3v) is 2.54. The van der Waals surface area contributed by atoms with Crippen molar-refractivity contribution in [3.8, 4) is 0 Å². The highest BCUT2D eigenvalue weighted by atomic mass is 16.5. The van der Waals surface area contributed by atoms with Crippen molar-refractivity contribution in [3.63, 3.8) is 0 Å². The quantitative estimate of drug-likeness (QED) is 0.633. The van der Waals surface area contributed by atoms with Crippen molar-refractivity contribution in [1.29, 1.82) is 0 Å². The molecule has 0 amide bonds. The maximum atomic E-state index is 6.01. The van der Waals surface area contributed by atoms with E-state index >= 15 is 0 Å². The molecule has 0 aromatic heterocycles. The van der Waals surface area contributed by atoms with Gasteiger partial charge in [0.05, 0.1) is 11.7 Å². The molecule has 1 atom stereocenters. The van der Waals surface area contributed by atoms with Crippen LogP contribution >= 0.6 is 0 Å². The first-order valence-electron chi connectivity index (χ1n) is 5.45. The van der Waals surface area contributed by atoms with E-state index in [1.165, 1.54) is 0 Å². The summed E-state index contributed by atoms with van der Waals surface area (Å²) in [7, 11) is 0. The molecule has 0 aliphatic carbocycles. The van der Waals surface area contributed by atoms with Gasteiger partial charge >= 0.3 is 0 Å². The number of hydrogen-bond donors (Lipinski definition) is 0. The molecular formula is C12H26O. The summed E-state index contributed by atoms with van der Waals surface area (Å²) >= 11 is 0. The van der Waals surface area contributed by atoms with Crippen molar-refractivity contribution in [2.45, 2.75) is 66.6 Å². The Morgan fingerprint density at radius 3 is 1.69 bits per heavy atom. The summed E-state index contributed by atoms with van der Waals surface area (Å²) < 4.78 is 6.01. The Bertz CT molecular complexity index is 126. The van der Waals surface area contributed by atoms with Gasteiger partial charge in [0.25, 0.3) is 0 Å². The zero-order valence-electron chi connectivity index (χ0n) is 10.3. The highest BCUT2D eigenvalue weighted by Crippen LogP contribution is 2.30. The molecule has 1 nitrogen and oxygen atoms in total. The summed E-state index contributed by atoms with van der Waals surface area (Å²) in [4.78, 5) is 0. The lowest BCUT2D eigenvalue weighted by atomic mass is 9.84. The second-order valence-electron chi connectivity index (χ2n) is 5.23. The lowest BCUT2D eigenvalue weighted by Gasteiger charge is -2.37. The fourth-order valence-electron chi connectivity index (χ4n) is 1.77. The van der Waals surface area contributed by atoms with Gasteiger partial charge in [-0.05, 0) is 39.0 Å². The predicted molar refractivity (Wildman–Crippen MR) is 58.9 cm³/mol. The van der Waals surface area contributed by atoms with Crippen LogP contribution in [-0.2, 0) is 4.74 Å². The van der Waals surface area contributed by atoms with Gasteiger partial charge in [0, 0.05) is 0 Å². The zero-order valence-corrected chi connectivity index (χ0v) is 10.3. The Kier molecular flexibility index (Phi) is 4.98. The van der Waals surface area contributed by atoms with Gasteiger partial charge in [0.15, 0.2) is 0 Å². The second kappa shape index (κ2) is 4.99. The summed E-state index contributed by atoms with van der Waals surface area (Å²) in [5, 5.41) is 0. The molecule has 1 heteroatoms. The average molecular weight is 186 g/mol. The van der Waals surface area contributed by atoms with Gasteiger partial charge in [0.2, 0.25) is 0 Å². The number of hydrogen-bond acceptors (Lipinski definition) is 1. The van der Waals surface area contributed by atoms with E-state index in [0.717, 1.165) is 6.42 Å². The topological polar surface area (TPSA) is 9.23 Å². The van der Waals surface area contributed by atoms with E-state index in [0.29, 0.717) is 17.9 Å². The van der Waals surface area contributed by atoms with Gasteiger partial charge < -0.3 is 4.74 Å². The molecule has 0 heterocycles. The Labute approximate surface area is 83.9 Å². The van der Waals surface area contributed by atoms with Gasteiger partial charge in [0.1, 0.15) is 0 Å². The van der Waals surface area contributed by atoms with Crippen molar-refractivity contribution >= 4 is 0 Å². The molecule has 0 saturated heterocycles. The fraction of sp³-hybridized carbons (Fsp3) is 1.00. The first kappa shape index (κ1) is 13.0. The van der Waals surface area contributed by atoms with E-state index in [1.54, 1.807) is 0 Å². The normalized spacial score (nSPS) is 17.1. The van der Waals surface area contributed by atoms with Crippen LogP contribution < -0.4 is 0 Å². The molecule has 0 radical (unpaired) electrons. The lowest BCUT2D eigenvalue weighted by molar-refractivity contribution is -0.107. The molecule has 0 fully saturated rings. The molecule has 0 rings (SSSR count).